The van der Waals surface area contributed by atoms with Crippen molar-refractivity contribution in [2.45, 2.75) is 5.50 Å². The van der Waals surface area contributed by atoms with Gasteiger partial charge in [0.15, 0.2) is 0 Å². The van der Waals surface area contributed by atoms with Crippen LogP contribution in [0.25, 0.3) is 5.03 Å². The topological polar surface area (TPSA) is 24.9 Å². The Morgan fingerprint density at radius 2 is 2.33 bits per heavy atom. The molecule has 2 rings (SSSR count). The van der Waals surface area contributed by atoms with E-state index in [2.05, 4.69) is 10.3 Å². The van der Waals surface area contributed by atoms with Crippen molar-refractivity contribution >= 4 is 34.1 Å². The molecule has 1 N–H and O–H groups in total. The quantitative estimate of drug-likeness (QED) is 0.515. The normalized spacial score (nSPS) is 20.8. The smallest absolute Gasteiger partial charge is 0.136 e. The van der Waals surface area contributed by atoms with Crippen molar-refractivity contribution in [2.24, 2.45) is 0 Å². The van der Waals surface area contributed by atoms with E-state index in [0.717, 1.165) is 11.4 Å². The fourth-order valence-corrected chi connectivity index (χ4v) is 1.68. The lowest BCUT2D eigenvalue weighted by Crippen LogP contribution is -2.15. The summed E-state index contributed by atoms with van der Waals surface area (Å²) in [5.74, 6) is 0.741. The van der Waals surface area contributed by atoms with Gasteiger partial charge in [-0.05, 0) is 18.2 Å². The summed E-state index contributed by atoms with van der Waals surface area (Å²) in [6.45, 7) is 0. The average Bonchev–Trinajstić information content (AvgIpc) is 2.04. The molecule has 0 aliphatic carbocycles. The van der Waals surface area contributed by atoms with E-state index in [1.807, 2.05) is 12.1 Å². The van der Waals surface area contributed by atoms with Crippen molar-refractivity contribution < 1.29 is 0 Å². The van der Waals surface area contributed by atoms with Gasteiger partial charge in [-0.3, -0.25) is 0 Å². The van der Waals surface area contributed by atoms with Crippen molar-refractivity contribution in [3.8, 4) is 0 Å². The van der Waals surface area contributed by atoms with Crippen LogP contribution < -0.4 is 5.32 Å². The van der Waals surface area contributed by atoms with Crippen molar-refractivity contribution in [3.63, 3.8) is 0 Å². The second kappa shape index (κ2) is 2.96. The van der Waals surface area contributed by atoms with Crippen LogP contribution in [-0.4, -0.2) is 10.5 Å². The van der Waals surface area contributed by atoms with E-state index in [0.29, 0.717) is 5.03 Å². The molecule has 2 heterocycles. The van der Waals surface area contributed by atoms with Gasteiger partial charge in [0.2, 0.25) is 0 Å². The molecule has 1 aromatic rings. The van der Waals surface area contributed by atoms with E-state index in [1.165, 1.54) is 0 Å². The van der Waals surface area contributed by atoms with Crippen LogP contribution in [0.5, 0.6) is 0 Å². The Balaban J connectivity index is 2.53. The Bertz CT molecular complexity index is 336. The number of nitrogens with one attached hydrogen (secondary N) is 1. The summed E-state index contributed by atoms with van der Waals surface area (Å²) in [7, 11) is 0. The lowest BCUT2D eigenvalue weighted by Gasteiger charge is -2.17. The first-order valence-electron chi connectivity index (χ1n) is 3.51. The molecule has 2 nitrogen and oxygen atoms in total. The number of pyridine rings is 1. The number of alkyl halides is 1. The Labute approximate surface area is 80.2 Å². The van der Waals surface area contributed by atoms with Gasteiger partial charge in [-0.15, -0.1) is 0 Å². The highest BCUT2D eigenvalue weighted by molar-refractivity contribution is 6.50. The third kappa shape index (κ3) is 1.28. The van der Waals surface area contributed by atoms with Crippen LogP contribution in [0.3, 0.4) is 0 Å². The van der Waals surface area contributed by atoms with Gasteiger partial charge in [-0.25, -0.2) is 4.98 Å². The molecule has 0 radical (unpaired) electrons. The number of nitrogens with zero attached hydrogens (tertiary/aromatic N) is 1. The highest BCUT2D eigenvalue weighted by Crippen LogP contribution is 2.30. The van der Waals surface area contributed by atoms with E-state index in [4.69, 9.17) is 23.2 Å². The molecular formula is C8H6Cl2N2. The maximum Gasteiger partial charge on any atom is 0.136 e. The van der Waals surface area contributed by atoms with Gasteiger partial charge in [0, 0.05) is 11.8 Å². The number of fused-ring (bicyclic) bond motifs is 1. The molecule has 0 saturated carbocycles. The van der Waals surface area contributed by atoms with E-state index in [1.54, 1.807) is 12.3 Å². The minimum Gasteiger partial charge on any atom is -0.350 e. The first kappa shape index (κ1) is 7.90. The molecule has 62 valence electrons. The first-order chi connectivity index (χ1) is 5.77. The van der Waals surface area contributed by atoms with Crippen molar-refractivity contribution in [1.29, 1.82) is 0 Å². The molecule has 12 heavy (non-hydrogen) atoms. The Morgan fingerprint density at radius 1 is 1.50 bits per heavy atom. The summed E-state index contributed by atoms with van der Waals surface area (Å²) in [4.78, 5) is 4.10. The van der Waals surface area contributed by atoms with Crippen molar-refractivity contribution in [1.82, 2.24) is 4.98 Å². The zero-order chi connectivity index (χ0) is 8.55. The zero-order valence-corrected chi connectivity index (χ0v) is 7.60. The predicted octanol–water partition coefficient (Wildman–Crippen LogP) is 2.65. The molecule has 1 aliphatic heterocycles. The zero-order valence-electron chi connectivity index (χ0n) is 6.09. The van der Waals surface area contributed by atoms with Gasteiger partial charge in [-0.1, -0.05) is 23.2 Å². The third-order valence-electron chi connectivity index (χ3n) is 1.63. The van der Waals surface area contributed by atoms with E-state index in [9.17, 15) is 0 Å². The van der Waals surface area contributed by atoms with Crippen LogP contribution >= 0.6 is 23.2 Å². The van der Waals surface area contributed by atoms with Crippen LogP contribution in [0.2, 0.25) is 0 Å². The summed E-state index contributed by atoms with van der Waals surface area (Å²) < 4.78 is 0. The molecule has 1 atom stereocenters. The minimum atomic E-state index is -0.264. The van der Waals surface area contributed by atoms with Gasteiger partial charge in [0.1, 0.15) is 11.3 Å². The van der Waals surface area contributed by atoms with Crippen LogP contribution in [0.1, 0.15) is 5.56 Å². The first-order valence-corrected chi connectivity index (χ1v) is 4.32. The van der Waals surface area contributed by atoms with Gasteiger partial charge in [-0.2, -0.15) is 0 Å². The summed E-state index contributed by atoms with van der Waals surface area (Å²) in [6.07, 6.45) is 3.44. The highest BCUT2D eigenvalue weighted by Gasteiger charge is 2.15. The number of halogens is 2. The Kier molecular flexibility index (Phi) is 1.95. The second-order valence-corrected chi connectivity index (χ2v) is 3.34. The number of anilines is 1. The average molecular weight is 201 g/mol. The van der Waals surface area contributed by atoms with Crippen LogP contribution in [0.4, 0.5) is 5.82 Å². The third-order valence-corrected chi connectivity index (χ3v) is 2.20. The largest absolute Gasteiger partial charge is 0.350 e. The lowest BCUT2D eigenvalue weighted by atomic mass is 10.2. The minimum absolute atomic E-state index is 0.264. The van der Waals surface area contributed by atoms with Crippen molar-refractivity contribution in [3.05, 3.63) is 30.0 Å². The van der Waals surface area contributed by atoms with Gasteiger partial charge < -0.3 is 5.32 Å². The molecule has 1 aliphatic rings. The molecular weight excluding hydrogens is 195 g/mol. The SMILES string of the molecule is ClC1=C[C@H](Cl)Nc2ncccc21. The molecule has 1 aromatic heterocycles. The molecule has 0 bridgehead atoms. The van der Waals surface area contributed by atoms with Crippen LogP contribution in [0.15, 0.2) is 24.4 Å². The van der Waals surface area contributed by atoms with Crippen LogP contribution in [-0.2, 0) is 0 Å². The summed E-state index contributed by atoms with van der Waals surface area (Å²) >= 11 is 11.8. The van der Waals surface area contributed by atoms with E-state index < -0.39 is 0 Å². The fraction of sp³-hybridized carbons (Fsp3) is 0.125. The molecule has 0 spiro atoms. The molecule has 0 saturated heterocycles. The lowest BCUT2D eigenvalue weighted by molar-refractivity contribution is 1.14. The maximum atomic E-state index is 5.94. The van der Waals surface area contributed by atoms with E-state index >= 15 is 0 Å². The molecule has 0 amide bonds. The maximum absolute atomic E-state index is 5.94. The Morgan fingerprint density at radius 3 is 3.17 bits per heavy atom. The Hall–Kier alpha value is -0.730. The summed E-state index contributed by atoms with van der Waals surface area (Å²) in [5, 5.41) is 3.63. The predicted molar refractivity (Wildman–Crippen MR) is 51.3 cm³/mol. The standard InChI is InChI=1S/C8H6Cl2N2/c9-6-4-7(10)12-8-5(6)2-1-3-11-8/h1-4,7H,(H,11,12)/t7-/m1/s1. The monoisotopic (exact) mass is 200 g/mol. The number of aromatic nitrogens is 1. The number of hydrogen-bond donors (Lipinski definition) is 1. The molecule has 0 fully saturated rings. The second-order valence-electron chi connectivity index (χ2n) is 2.46. The summed E-state index contributed by atoms with van der Waals surface area (Å²) in [6, 6.07) is 3.74. The number of rotatable bonds is 0. The van der Waals surface area contributed by atoms with Gasteiger partial charge in [0.05, 0.1) is 5.03 Å². The number of hydrogen-bond acceptors (Lipinski definition) is 2. The highest BCUT2D eigenvalue weighted by atomic mass is 35.5. The molecule has 0 unspecified atom stereocenters. The summed E-state index contributed by atoms with van der Waals surface area (Å²) in [5.41, 5.74) is 0.635. The van der Waals surface area contributed by atoms with Crippen LogP contribution in [0, 0.1) is 0 Å². The molecule has 4 heteroatoms. The van der Waals surface area contributed by atoms with E-state index in [-0.39, 0.29) is 5.50 Å². The molecule has 0 aromatic carbocycles. The van der Waals surface area contributed by atoms with Crippen molar-refractivity contribution in [2.75, 3.05) is 5.32 Å². The fourth-order valence-electron chi connectivity index (χ4n) is 1.10. The van der Waals surface area contributed by atoms with Gasteiger partial charge >= 0.3 is 0 Å². The van der Waals surface area contributed by atoms with Gasteiger partial charge in [0.25, 0.3) is 0 Å².